The fourth-order valence-electron chi connectivity index (χ4n) is 1.25. The summed E-state index contributed by atoms with van der Waals surface area (Å²) < 4.78 is 19.1. The minimum atomic E-state index is -0.280. The van der Waals surface area contributed by atoms with E-state index in [2.05, 4.69) is 28.2 Å². The van der Waals surface area contributed by atoms with Crippen LogP contribution in [-0.2, 0) is 0 Å². The molecule has 0 bridgehead atoms. The fraction of sp³-hybridized carbons (Fsp3) is 0.500. The average Bonchev–Trinajstić information content (AvgIpc) is 2.28. The van der Waals surface area contributed by atoms with Gasteiger partial charge in [-0.25, -0.2) is 4.39 Å². The van der Waals surface area contributed by atoms with Crippen LogP contribution in [-0.4, -0.2) is 19.7 Å². The first-order chi connectivity index (χ1) is 7.74. The Morgan fingerprint density at radius 2 is 2.19 bits per heavy atom. The van der Waals surface area contributed by atoms with Crippen LogP contribution in [0.3, 0.4) is 0 Å². The molecule has 16 heavy (non-hydrogen) atoms. The van der Waals surface area contributed by atoms with Crippen molar-refractivity contribution in [2.24, 2.45) is 0 Å². The molecule has 0 aliphatic heterocycles. The van der Waals surface area contributed by atoms with E-state index in [0.29, 0.717) is 12.4 Å². The number of hydrogen-bond donors (Lipinski definition) is 1. The van der Waals surface area contributed by atoms with Gasteiger partial charge in [0.1, 0.15) is 18.2 Å². The van der Waals surface area contributed by atoms with E-state index in [1.54, 1.807) is 6.07 Å². The summed E-state index contributed by atoms with van der Waals surface area (Å²) >= 11 is 3.31. The van der Waals surface area contributed by atoms with E-state index >= 15 is 0 Å². The minimum Gasteiger partial charge on any atom is -0.491 e. The highest BCUT2D eigenvalue weighted by Gasteiger charge is 2.02. The van der Waals surface area contributed by atoms with Crippen molar-refractivity contribution in [2.75, 3.05) is 19.7 Å². The Kier molecular flexibility index (Phi) is 6.42. The maximum Gasteiger partial charge on any atom is 0.136 e. The van der Waals surface area contributed by atoms with Crippen LogP contribution < -0.4 is 10.1 Å². The predicted molar refractivity (Wildman–Crippen MR) is 67.4 cm³/mol. The first-order valence-electron chi connectivity index (χ1n) is 5.52. The largest absolute Gasteiger partial charge is 0.491 e. The maximum atomic E-state index is 12.9. The SMILES string of the molecule is CCCCNCCOc1cc(F)ccc1Br. The zero-order chi connectivity index (χ0) is 11.8. The van der Waals surface area contributed by atoms with Gasteiger partial charge in [-0.3, -0.25) is 0 Å². The van der Waals surface area contributed by atoms with Gasteiger partial charge in [0.2, 0.25) is 0 Å². The van der Waals surface area contributed by atoms with Crippen molar-refractivity contribution < 1.29 is 9.13 Å². The molecule has 2 nitrogen and oxygen atoms in total. The van der Waals surface area contributed by atoms with Gasteiger partial charge in [-0.2, -0.15) is 0 Å². The minimum absolute atomic E-state index is 0.280. The number of halogens is 2. The number of rotatable bonds is 7. The molecule has 0 saturated carbocycles. The van der Waals surface area contributed by atoms with Crippen LogP contribution in [0.5, 0.6) is 5.75 Å². The molecule has 0 heterocycles. The number of nitrogens with one attached hydrogen (secondary N) is 1. The van der Waals surface area contributed by atoms with Crippen LogP contribution in [0.4, 0.5) is 4.39 Å². The molecular formula is C12H17BrFNO. The summed E-state index contributed by atoms with van der Waals surface area (Å²) in [5, 5.41) is 3.26. The standard InChI is InChI=1S/C12H17BrFNO/c1-2-3-6-15-7-8-16-12-9-10(14)4-5-11(12)13/h4-5,9,15H,2-3,6-8H2,1H3. The summed E-state index contributed by atoms with van der Waals surface area (Å²) in [5.74, 6) is 0.273. The lowest BCUT2D eigenvalue weighted by Gasteiger charge is -2.08. The van der Waals surface area contributed by atoms with Gasteiger partial charge in [0.25, 0.3) is 0 Å². The Hall–Kier alpha value is -0.610. The molecule has 0 aromatic heterocycles. The van der Waals surface area contributed by atoms with Crippen molar-refractivity contribution in [3.63, 3.8) is 0 Å². The molecule has 0 radical (unpaired) electrons. The summed E-state index contributed by atoms with van der Waals surface area (Å²) in [6, 6.07) is 4.43. The molecule has 1 rings (SSSR count). The summed E-state index contributed by atoms with van der Waals surface area (Å²) in [7, 11) is 0. The lowest BCUT2D eigenvalue weighted by atomic mass is 10.3. The predicted octanol–water partition coefficient (Wildman–Crippen LogP) is 3.36. The van der Waals surface area contributed by atoms with Crippen LogP contribution in [0.1, 0.15) is 19.8 Å². The highest BCUT2D eigenvalue weighted by atomic mass is 79.9. The van der Waals surface area contributed by atoms with Crippen molar-refractivity contribution in [1.82, 2.24) is 5.32 Å². The van der Waals surface area contributed by atoms with E-state index < -0.39 is 0 Å². The van der Waals surface area contributed by atoms with Crippen molar-refractivity contribution >= 4 is 15.9 Å². The van der Waals surface area contributed by atoms with Crippen LogP contribution in [0.25, 0.3) is 0 Å². The molecular weight excluding hydrogens is 273 g/mol. The lowest BCUT2D eigenvalue weighted by molar-refractivity contribution is 0.310. The highest BCUT2D eigenvalue weighted by molar-refractivity contribution is 9.10. The second-order valence-electron chi connectivity index (χ2n) is 3.53. The van der Waals surface area contributed by atoms with Crippen molar-refractivity contribution in [3.8, 4) is 5.75 Å². The van der Waals surface area contributed by atoms with Gasteiger partial charge in [0.15, 0.2) is 0 Å². The molecule has 0 unspecified atom stereocenters. The molecule has 0 amide bonds. The second kappa shape index (κ2) is 7.63. The van der Waals surface area contributed by atoms with E-state index in [4.69, 9.17) is 4.74 Å². The highest BCUT2D eigenvalue weighted by Crippen LogP contribution is 2.25. The molecule has 0 fully saturated rings. The van der Waals surface area contributed by atoms with E-state index in [9.17, 15) is 4.39 Å². The molecule has 4 heteroatoms. The fourth-order valence-corrected chi connectivity index (χ4v) is 1.61. The normalized spacial score (nSPS) is 10.4. The quantitative estimate of drug-likeness (QED) is 0.777. The van der Waals surface area contributed by atoms with Crippen molar-refractivity contribution in [3.05, 3.63) is 28.5 Å². The third-order valence-electron chi connectivity index (χ3n) is 2.14. The molecule has 1 aromatic carbocycles. The lowest BCUT2D eigenvalue weighted by Crippen LogP contribution is -2.22. The van der Waals surface area contributed by atoms with Gasteiger partial charge in [-0.05, 0) is 41.0 Å². The zero-order valence-electron chi connectivity index (χ0n) is 9.43. The third kappa shape index (κ3) is 4.94. The Bertz CT molecular complexity index is 320. The van der Waals surface area contributed by atoms with Crippen LogP contribution in [0.15, 0.2) is 22.7 Å². The molecule has 1 aromatic rings. The van der Waals surface area contributed by atoms with Crippen molar-refractivity contribution in [2.45, 2.75) is 19.8 Å². The number of benzene rings is 1. The molecule has 1 N–H and O–H groups in total. The Morgan fingerprint density at radius 3 is 2.94 bits per heavy atom. The summed E-state index contributed by atoms with van der Waals surface area (Å²) in [4.78, 5) is 0. The average molecular weight is 290 g/mol. The molecule has 0 aliphatic rings. The molecule has 90 valence electrons. The van der Waals surface area contributed by atoms with Gasteiger partial charge in [0, 0.05) is 12.6 Å². The van der Waals surface area contributed by atoms with Crippen LogP contribution in [0, 0.1) is 5.82 Å². The first-order valence-corrected chi connectivity index (χ1v) is 6.32. The number of unbranched alkanes of at least 4 members (excludes halogenated alkanes) is 1. The van der Waals surface area contributed by atoms with Crippen LogP contribution in [0.2, 0.25) is 0 Å². The molecule has 0 atom stereocenters. The Balaban J connectivity index is 2.23. The number of ether oxygens (including phenoxy) is 1. The smallest absolute Gasteiger partial charge is 0.136 e. The van der Waals surface area contributed by atoms with E-state index in [-0.39, 0.29) is 5.82 Å². The van der Waals surface area contributed by atoms with Crippen molar-refractivity contribution in [1.29, 1.82) is 0 Å². The molecule has 0 spiro atoms. The van der Waals surface area contributed by atoms with Gasteiger partial charge in [-0.1, -0.05) is 13.3 Å². The third-order valence-corrected chi connectivity index (χ3v) is 2.79. The topological polar surface area (TPSA) is 21.3 Å². The summed E-state index contributed by atoms with van der Waals surface area (Å²) in [6.45, 7) is 4.49. The Labute approximate surface area is 104 Å². The molecule has 0 saturated heterocycles. The summed E-state index contributed by atoms with van der Waals surface area (Å²) in [6.07, 6.45) is 2.35. The Morgan fingerprint density at radius 1 is 1.38 bits per heavy atom. The van der Waals surface area contributed by atoms with E-state index in [1.807, 2.05) is 0 Å². The van der Waals surface area contributed by atoms with Gasteiger partial charge >= 0.3 is 0 Å². The van der Waals surface area contributed by atoms with Gasteiger partial charge < -0.3 is 10.1 Å². The van der Waals surface area contributed by atoms with Gasteiger partial charge in [-0.15, -0.1) is 0 Å². The summed E-state index contributed by atoms with van der Waals surface area (Å²) in [5.41, 5.74) is 0. The first kappa shape index (κ1) is 13.5. The maximum absolute atomic E-state index is 12.9. The monoisotopic (exact) mass is 289 g/mol. The molecule has 0 aliphatic carbocycles. The zero-order valence-corrected chi connectivity index (χ0v) is 11.0. The second-order valence-corrected chi connectivity index (χ2v) is 4.38. The van der Waals surface area contributed by atoms with Crippen LogP contribution >= 0.6 is 15.9 Å². The van der Waals surface area contributed by atoms with E-state index in [1.165, 1.54) is 25.0 Å². The van der Waals surface area contributed by atoms with E-state index in [0.717, 1.165) is 17.6 Å². The number of hydrogen-bond acceptors (Lipinski definition) is 2. The van der Waals surface area contributed by atoms with Gasteiger partial charge in [0.05, 0.1) is 4.47 Å².